The SMILES string of the molecule is Cc1ccc2c(CSc3nc(C)c(CC(N)=O)s3)cc(=O)oc2c1C. The summed E-state index contributed by atoms with van der Waals surface area (Å²) >= 11 is 3.02. The fraction of sp³-hybridized carbons (Fsp3) is 0.278. The Labute approximate surface area is 153 Å². The second-order valence-electron chi connectivity index (χ2n) is 5.89. The lowest BCUT2D eigenvalue weighted by Crippen LogP contribution is -2.13. The minimum Gasteiger partial charge on any atom is -0.422 e. The van der Waals surface area contributed by atoms with Crippen LogP contribution < -0.4 is 11.4 Å². The Morgan fingerprint density at radius 3 is 2.80 bits per heavy atom. The molecule has 130 valence electrons. The average Bonchev–Trinajstić information content (AvgIpc) is 2.88. The topological polar surface area (TPSA) is 86.2 Å². The van der Waals surface area contributed by atoms with Gasteiger partial charge in [-0.15, -0.1) is 11.3 Å². The summed E-state index contributed by atoms with van der Waals surface area (Å²) in [5.74, 6) is 0.244. The van der Waals surface area contributed by atoms with Crippen LogP contribution in [0, 0.1) is 20.8 Å². The molecule has 0 saturated heterocycles. The summed E-state index contributed by atoms with van der Waals surface area (Å²) in [6, 6.07) is 5.56. The molecule has 0 spiro atoms. The van der Waals surface area contributed by atoms with Gasteiger partial charge in [-0.25, -0.2) is 9.78 Å². The van der Waals surface area contributed by atoms with Crippen molar-refractivity contribution in [3.63, 3.8) is 0 Å². The van der Waals surface area contributed by atoms with Crippen molar-refractivity contribution in [2.45, 2.75) is 37.3 Å². The van der Waals surface area contributed by atoms with Crippen molar-refractivity contribution in [1.82, 2.24) is 4.98 Å². The van der Waals surface area contributed by atoms with Gasteiger partial charge in [-0.1, -0.05) is 23.9 Å². The molecule has 1 amide bonds. The van der Waals surface area contributed by atoms with E-state index in [1.54, 1.807) is 11.8 Å². The average molecular weight is 374 g/mol. The number of hydrogen-bond donors (Lipinski definition) is 1. The van der Waals surface area contributed by atoms with Crippen LogP contribution in [-0.4, -0.2) is 10.9 Å². The summed E-state index contributed by atoms with van der Waals surface area (Å²) in [5, 5.41) is 0.945. The van der Waals surface area contributed by atoms with Crippen molar-refractivity contribution in [3.05, 3.63) is 55.9 Å². The van der Waals surface area contributed by atoms with E-state index < -0.39 is 0 Å². The molecule has 0 aliphatic carbocycles. The van der Waals surface area contributed by atoms with E-state index in [2.05, 4.69) is 4.98 Å². The normalized spacial score (nSPS) is 11.2. The molecule has 0 aliphatic rings. The monoisotopic (exact) mass is 374 g/mol. The quantitative estimate of drug-likeness (QED) is 0.546. The number of fused-ring (bicyclic) bond motifs is 1. The number of aromatic nitrogens is 1. The molecule has 0 unspecified atom stereocenters. The van der Waals surface area contributed by atoms with Gasteiger partial charge < -0.3 is 10.2 Å². The highest BCUT2D eigenvalue weighted by Crippen LogP contribution is 2.32. The number of nitrogens with two attached hydrogens (primary N) is 1. The highest BCUT2D eigenvalue weighted by molar-refractivity contribution is 8.00. The van der Waals surface area contributed by atoms with E-state index in [0.717, 1.165) is 37.0 Å². The number of nitrogens with zero attached hydrogens (tertiary/aromatic N) is 1. The molecule has 0 saturated carbocycles. The van der Waals surface area contributed by atoms with Crippen LogP contribution in [0.2, 0.25) is 0 Å². The number of hydrogen-bond acceptors (Lipinski definition) is 6. The first-order valence-electron chi connectivity index (χ1n) is 7.75. The van der Waals surface area contributed by atoms with Crippen molar-refractivity contribution in [1.29, 1.82) is 0 Å². The molecule has 0 fully saturated rings. The van der Waals surface area contributed by atoms with Crippen LogP contribution in [0.5, 0.6) is 0 Å². The third kappa shape index (κ3) is 3.77. The number of thiazole rings is 1. The first-order chi connectivity index (χ1) is 11.8. The molecule has 0 aliphatic heterocycles. The molecule has 5 nitrogen and oxygen atoms in total. The van der Waals surface area contributed by atoms with Gasteiger partial charge in [-0.2, -0.15) is 0 Å². The van der Waals surface area contributed by atoms with Crippen LogP contribution in [0.3, 0.4) is 0 Å². The number of aryl methyl sites for hydroxylation is 3. The lowest BCUT2D eigenvalue weighted by atomic mass is 10.0. The van der Waals surface area contributed by atoms with E-state index >= 15 is 0 Å². The molecular weight excluding hydrogens is 356 g/mol. The Balaban J connectivity index is 1.90. The molecule has 0 radical (unpaired) electrons. The van der Waals surface area contributed by atoms with Crippen molar-refractivity contribution >= 4 is 40.0 Å². The molecule has 2 aromatic heterocycles. The van der Waals surface area contributed by atoms with Gasteiger partial charge in [0.1, 0.15) is 5.58 Å². The minimum absolute atomic E-state index is 0.209. The van der Waals surface area contributed by atoms with Gasteiger partial charge in [-0.3, -0.25) is 4.79 Å². The summed E-state index contributed by atoms with van der Waals surface area (Å²) in [6.45, 7) is 5.82. The summed E-state index contributed by atoms with van der Waals surface area (Å²) < 4.78 is 6.26. The molecule has 0 bridgehead atoms. The largest absolute Gasteiger partial charge is 0.422 e. The second-order valence-corrected chi connectivity index (χ2v) is 8.20. The van der Waals surface area contributed by atoms with Crippen LogP contribution in [0.25, 0.3) is 11.0 Å². The number of primary amides is 1. The van der Waals surface area contributed by atoms with Gasteiger partial charge in [0, 0.05) is 22.1 Å². The molecular formula is C18H18N2O3S2. The second kappa shape index (κ2) is 7.01. The zero-order valence-electron chi connectivity index (χ0n) is 14.2. The van der Waals surface area contributed by atoms with E-state index in [-0.39, 0.29) is 18.0 Å². The third-order valence-corrected chi connectivity index (χ3v) is 6.43. The summed E-state index contributed by atoms with van der Waals surface area (Å²) in [5.41, 5.74) is 9.38. The first-order valence-corrected chi connectivity index (χ1v) is 9.55. The van der Waals surface area contributed by atoms with Crippen LogP contribution >= 0.6 is 23.1 Å². The van der Waals surface area contributed by atoms with E-state index in [0.29, 0.717) is 11.3 Å². The minimum atomic E-state index is -0.360. The van der Waals surface area contributed by atoms with E-state index in [9.17, 15) is 9.59 Å². The number of thioether (sulfide) groups is 1. The Morgan fingerprint density at radius 2 is 2.08 bits per heavy atom. The Kier molecular flexibility index (Phi) is 4.96. The number of rotatable bonds is 5. The summed E-state index contributed by atoms with van der Waals surface area (Å²) in [7, 11) is 0. The molecule has 2 heterocycles. The van der Waals surface area contributed by atoms with E-state index in [1.807, 2.05) is 32.9 Å². The van der Waals surface area contributed by atoms with Crippen LogP contribution in [0.1, 0.15) is 27.3 Å². The molecule has 2 N–H and O–H groups in total. The lowest BCUT2D eigenvalue weighted by molar-refractivity contribution is -0.117. The predicted molar refractivity (Wildman–Crippen MR) is 101 cm³/mol. The van der Waals surface area contributed by atoms with Crippen molar-refractivity contribution in [2.75, 3.05) is 0 Å². The standard InChI is InChI=1S/C18H18N2O3S2/c1-9-4-5-13-12(6-16(22)23-17(13)10(9)2)8-24-18-20-11(3)14(25-18)7-15(19)21/h4-6H,7-8H2,1-3H3,(H2,19,21). The van der Waals surface area contributed by atoms with Crippen LogP contribution in [0.4, 0.5) is 0 Å². The number of carbonyl (C=O) groups is 1. The maximum atomic E-state index is 11.9. The Morgan fingerprint density at radius 1 is 1.32 bits per heavy atom. The van der Waals surface area contributed by atoms with Gasteiger partial charge in [0.05, 0.1) is 12.1 Å². The van der Waals surface area contributed by atoms with Gasteiger partial charge >= 0.3 is 5.63 Å². The fourth-order valence-corrected chi connectivity index (χ4v) is 4.80. The summed E-state index contributed by atoms with van der Waals surface area (Å²) in [4.78, 5) is 28.4. The smallest absolute Gasteiger partial charge is 0.336 e. The highest BCUT2D eigenvalue weighted by Gasteiger charge is 2.13. The third-order valence-electron chi connectivity index (χ3n) is 4.08. The van der Waals surface area contributed by atoms with Crippen molar-refractivity contribution in [3.8, 4) is 0 Å². The maximum absolute atomic E-state index is 11.9. The molecule has 3 rings (SSSR count). The molecule has 1 aromatic carbocycles. The van der Waals surface area contributed by atoms with Gasteiger partial charge in [-0.05, 0) is 37.5 Å². The highest BCUT2D eigenvalue weighted by atomic mass is 32.2. The number of carbonyl (C=O) groups excluding carboxylic acids is 1. The number of amides is 1. The van der Waals surface area contributed by atoms with E-state index in [1.165, 1.54) is 17.4 Å². The Hall–Kier alpha value is -2.12. The molecule has 7 heteroatoms. The van der Waals surface area contributed by atoms with Crippen LogP contribution in [-0.2, 0) is 17.0 Å². The summed E-state index contributed by atoms with van der Waals surface area (Å²) in [6.07, 6.45) is 0.209. The molecule has 25 heavy (non-hydrogen) atoms. The Bertz CT molecular complexity index is 1020. The number of benzene rings is 1. The molecule has 0 atom stereocenters. The fourth-order valence-electron chi connectivity index (χ4n) is 2.57. The lowest BCUT2D eigenvalue weighted by Gasteiger charge is -2.08. The zero-order valence-corrected chi connectivity index (χ0v) is 15.8. The van der Waals surface area contributed by atoms with Gasteiger partial charge in [0.25, 0.3) is 0 Å². The molecule has 3 aromatic rings. The van der Waals surface area contributed by atoms with Gasteiger partial charge in [0.2, 0.25) is 5.91 Å². The van der Waals surface area contributed by atoms with Crippen LogP contribution in [0.15, 0.2) is 31.8 Å². The van der Waals surface area contributed by atoms with Gasteiger partial charge in [0.15, 0.2) is 4.34 Å². The van der Waals surface area contributed by atoms with E-state index in [4.69, 9.17) is 10.2 Å². The predicted octanol–water partition coefficient (Wildman–Crippen LogP) is 3.49. The first kappa shape index (κ1) is 17.7. The maximum Gasteiger partial charge on any atom is 0.336 e. The van der Waals surface area contributed by atoms with Crippen molar-refractivity contribution < 1.29 is 9.21 Å². The zero-order chi connectivity index (χ0) is 18.1. The van der Waals surface area contributed by atoms with Crippen molar-refractivity contribution in [2.24, 2.45) is 5.73 Å².